The Morgan fingerprint density at radius 2 is 1.56 bits per heavy atom. The van der Waals surface area contributed by atoms with Gasteiger partial charge in [0.1, 0.15) is 10.3 Å². The standard InChI is InChI=1S/C17H10ClN3OS3/c18-10-6-8-12(9-7-10)20-14-13(25-17(20)24)15(22)21(16(23)19-14)11-4-2-1-3-5-11/h1-9H,(H,19,23). The monoisotopic (exact) mass is 403 g/mol. The van der Waals surface area contributed by atoms with Crippen molar-refractivity contribution >= 4 is 57.7 Å². The van der Waals surface area contributed by atoms with Gasteiger partial charge in [-0.1, -0.05) is 41.1 Å². The minimum Gasteiger partial charge on any atom is -0.316 e. The fourth-order valence-corrected chi connectivity index (χ4v) is 4.36. The second kappa shape index (κ2) is 6.34. The van der Waals surface area contributed by atoms with E-state index in [1.807, 2.05) is 42.5 Å². The molecule has 2 aromatic carbocycles. The lowest BCUT2D eigenvalue weighted by atomic mass is 10.3. The van der Waals surface area contributed by atoms with Crippen molar-refractivity contribution in [1.82, 2.24) is 14.1 Å². The number of hydrogen-bond acceptors (Lipinski definition) is 4. The van der Waals surface area contributed by atoms with E-state index < -0.39 is 0 Å². The summed E-state index contributed by atoms with van der Waals surface area (Å²) in [5.41, 5.74) is 1.95. The molecule has 25 heavy (non-hydrogen) atoms. The highest BCUT2D eigenvalue weighted by molar-refractivity contribution is 7.73. The molecule has 124 valence electrons. The summed E-state index contributed by atoms with van der Waals surface area (Å²) in [4.78, 5) is 16.2. The number of fused-ring (bicyclic) bond motifs is 1. The molecule has 0 saturated carbocycles. The predicted molar refractivity (Wildman–Crippen MR) is 108 cm³/mol. The van der Waals surface area contributed by atoms with Crippen molar-refractivity contribution in [3.8, 4) is 11.4 Å². The van der Waals surface area contributed by atoms with Crippen LogP contribution in [-0.2, 0) is 0 Å². The van der Waals surface area contributed by atoms with Gasteiger partial charge in [0.15, 0.2) is 8.73 Å². The van der Waals surface area contributed by atoms with E-state index in [2.05, 4.69) is 4.98 Å². The average molecular weight is 404 g/mol. The third-order valence-corrected chi connectivity index (χ3v) is 5.63. The smallest absolute Gasteiger partial charge is 0.278 e. The van der Waals surface area contributed by atoms with Crippen molar-refractivity contribution in [1.29, 1.82) is 0 Å². The maximum atomic E-state index is 13.0. The van der Waals surface area contributed by atoms with Crippen LogP contribution in [-0.4, -0.2) is 14.1 Å². The van der Waals surface area contributed by atoms with Gasteiger partial charge < -0.3 is 4.98 Å². The molecule has 0 spiro atoms. The Morgan fingerprint density at radius 1 is 0.920 bits per heavy atom. The normalized spacial score (nSPS) is 11.1. The van der Waals surface area contributed by atoms with E-state index in [1.165, 1.54) is 15.9 Å². The molecular weight excluding hydrogens is 394 g/mol. The number of para-hydroxylation sites is 1. The third-order valence-electron chi connectivity index (χ3n) is 3.74. The fraction of sp³-hybridized carbons (Fsp3) is 0. The Balaban J connectivity index is 2.06. The lowest BCUT2D eigenvalue weighted by Crippen LogP contribution is -2.20. The molecule has 0 radical (unpaired) electrons. The van der Waals surface area contributed by atoms with E-state index >= 15 is 0 Å². The second-order valence-electron chi connectivity index (χ2n) is 5.26. The maximum Gasteiger partial charge on any atom is 0.278 e. The Labute approximate surface area is 161 Å². The highest BCUT2D eigenvalue weighted by Crippen LogP contribution is 2.24. The van der Waals surface area contributed by atoms with Crippen LogP contribution in [0.5, 0.6) is 0 Å². The van der Waals surface area contributed by atoms with Crippen molar-refractivity contribution in [2.24, 2.45) is 0 Å². The van der Waals surface area contributed by atoms with E-state index in [-0.39, 0.29) is 5.56 Å². The average Bonchev–Trinajstić information content (AvgIpc) is 2.93. The number of H-pyrrole nitrogens is 1. The molecule has 2 aromatic heterocycles. The number of benzene rings is 2. The SMILES string of the molecule is O=c1c2sc(=S)n(-c3ccc(Cl)cc3)c2[nH]c(=S)n1-c1ccccc1. The van der Waals surface area contributed by atoms with Gasteiger partial charge in [-0.25, -0.2) is 0 Å². The van der Waals surface area contributed by atoms with Gasteiger partial charge in [0.25, 0.3) is 5.56 Å². The minimum atomic E-state index is -0.186. The molecule has 0 fully saturated rings. The molecule has 0 aliphatic carbocycles. The molecular formula is C17H10ClN3OS3. The topological polar surface area (TPSA) is 42.7 Å². The predicted octanol–water partition coefficient (Wildman–Crippen LogP) is 5.28. The number of nitrogens with one attached hydrogen (secondary N) is 1. The number of hydrogen-bond donors (Lipinski definition) is 1. The fourth-order valence-electron chi connectivity index (χ4n) is 2.62. The van der Waals surface area contributed by atoms with E-state index in [0.29, 0.717) is 29.8 Å². The van der Waals surface area contributed by atoms with Crippen molar-refractivity contribution < 1.29 is 0 Å². The van der Waals surface area contributed by atoms with Gasteiger partial charge in [0.2, 0.25) is 0 Å². The zero-order valence-corrected chi connectivity index (χ0v) is 15.8. The highest BCUT2D eigenvalue weighted by Gasteiger charge is 2.14. The first-order chi connectivity index (χ1) is 12.1. The summed E-state index contributed by atoms with van der Waals surface area (Å²) in [6.45, 7) is 0. The first kappa shape index (κ1) is 16.4. The number of halogens is 1. The molecule has 0 unspecified atom stereocenters. The molecule has 0 aliphatic rings. The molecule has 8 heteroatoms. The molecule has 0 saturated heterocycles. The van der Waals surface area contributed by atoms with Gasteiger partial charge in [-0.05, 0) is 60.8 Å². The van der Waals surface area contributed by atoms with Crippen LogP contribution in [0.2, 0.25) is 5.02 Å². The summed E-state index contributed by atoms with van der Waals surface area (Å²) in [6.07, 6.45) is 0. The molecule has 4 aromatic rings. The van der Waals surface area contributed by atoms with Crippen LogP contribution >= 0.6 is 47.4 Å². The molecule has 4 rings (SSSR count). The lowest BCUT2D eigenvalue weighted by Gasteiger charge is -2.08. The first-order valence-electron chi connectivity index (χ1n) is 7.28. The summed E-state index contributed by atoms with van der Waals surface area (Å²) in [6, 6.07) is 16.6. The van der Waals surface area contributed by atoms with Gasteiger partial charge in [-0.3, -0.25) is 13.9 Å². The number of rotatable bonds is 2. The van der Waals surface area contributed by atoms with Crippen molar-refractivity contribution in [2.75, 3.05) is 0 Å². The van der Waals surface area contributed by atoms with Crippen molar-refractivity contribution in [3.63, 3.8) is 0 Å². The summed E-state index contributed by atoms with van der Waals surface area (Å²) < 4.78 is 4.69. The molecule has 2 heterocycles. The molecule has 0 atom stereocenters. The first-order valence-corrected chi connectivity index (χ1v) is 9.29. The van der Waals surface area contributed by atoms with Gasteiger partial charge in [-0.2, -0.15) is 0 Å². The quantitative estimate of drug-likeness (QED) is 0.463. The molecule has 0 aliphatic heterocycles. The van der Waals surface area contributed by atoms with Crippen LogP contribution in [0.1, 0.15) is 0 Å². The maximum absolute atomic E-state index is 13.0. The molecule has 0 amide bonds. The van der Waals surface area contributed by atoms with Gasteiger partial charge >= 0.3 is 0 Å². The minimum absolute atomic E-state index is 0.186. The van der Waals surface area contributed by atoms with Crippen LogP contribution in [0.15, 0.2) is 59.4 Å². The van der Waals surface area contributed by atoms with E-state index in [4.69, 9.17) is 36.0 Å². The Bertz CT molecular complexity index is 1250. The number of nitrogens with zero attached hydrogens (tertiary/aromatic N) is 2. The van der Waals surface area contributed by atoms with Gasteiger partial charge in [0, 0.05) is 10.7 Å². The Kier molecular flexibility index (Phi) is 4.16. The second-order valence-corrected chi connectivity index (χ2v) is 7.73. The largest absolute Gasteiger partial charge is 0.316 e. The van der Waals surface area contributed by atoms with Crippen LogP contribution < -0.4 is 5.56 Å². The van der Waals surface area contributed by atoms with Crippen LogP contribution in [0.25, 0.3) is 21.7 Å². The van der Waals surface area contributed by atoms with Crippen LogP contribution in [0.4, 0.5) is 0 Å². The summed E-state index contributed by atoms with van der Waals surface area (Å²) in [7, 11) is 0. The number of aromatic amines is 1. The molecule has 0 bridgehead atoms. The summed E-state index contributed by atoms with van der Waals surface area (Å²) in [5.74, 6) is 0. The zero-order chi connectivity index (χ0) is 17.6. The zero-order valence-electron chi connectivity index (χ0n) is 12.6. The van der Waals surface area contributed by atoms with Crippen LogP contribution in [0, 0.1) is 8.73 Å². The Hall–Kier alpha value is -2.06. The third kappa shape index (κ3) is 2.79. The van der Waals surface area contributed by atoms with Crippen molar-refractivity contribution in [3.05, 3.63) is 78.7 Å². The van der Waals surface area contributed by atoms with E-state index in [0.717, 1.165) is 5.69 Å². The lowest BCUT2D eigenvalue weighted by molar-refractivity contribution is 0.927. The van der Waals surface area contributed by atoms with E-state index in [9.17, 15) is 4.79 Å². The van der Waals surface area contributed by atoms with Gasteiger partial charge in [-0.15, -0.1) is 0 Å². The highest BCUT2D eigenvalue weighted by atomic mass is 35.5. The van der Waals surface area contributed by atoms with Crippen molar-refractivity contribution in [2.45, 2.75) is 0 Å². The Morgan fingerprint density at radius 3 is 2.24 bits per heavy atom. The number of thiazole rings is 1. The summed E-state index contributed by atoms with van der Waals surface area (Å²) in [5, 5.41) is 0.633. The van der Waals surface area contributed by atoms with E-state index in [1.54, 1.807) is 16.7 Å². The molecule has 4 nitrogen and oxygen atoms in total. The molecule has 1 N–H and O–H groups in total. The summed E-state index contributed by atoms with van der Waals surface area (Å²) >= 11 is 18.1. The van der Waals surface area contributed by atoms with Crippen LogP contribution in [0.3, 0.4) is 0 Å². The number of aromatic nitrogens is 3. The van der Waals surface area contributed by atoms with Gasteiger partial charge in [0.05, 0.1) is 5.69 Å².